The number of fused-ring (bicyclic) bond motifs is 2. The molecule has 2 aliphatic heterocycles. The van der Waals surface area contributed by atoms with Crippen LogP contribution in [0.25, 0.3) is 0 Å². The molecule has 2 heterocycles. The summed E-state index contributed by atoms with van der Waals surface area (Å²) in [5, 5.41) is 9.77. The number of hydrogen-bond donors (Lipinski definition) is 1. The van der Waals surface area contributed by atoms with Gasteiger partial charge in [0.2, 0.25) is 11.8 Å². The average molecular weight is 353 g/mol. The lowest BCUT2D eigenvalue weighted by molar-refractivity contribution is -0.144. The summed E-state index contributed by atoms with van der Waals surface area (Å²) in [7, 11) is 1.55. The molecule has 1 amide bonds. The van der Waals surface area contributed by atoms with Crippen LogP contribution in [0.4, 0.5) is 0 Å². The van der Waals surface area contributed by atoms with E-state index in [-0.39, 0.29) is 23.1 Å². The van der Waals surface area contributed by atoms with Gasteiger partial charge in [0.15, 0.2) is 5.41 Å². The highest BCUT2D eigenvalue weighted by molar-refractivity contribution is 6.12. The maximum Gasteiger partial charge on any atom is 0.337 e. The van der Waals surface area contributed by atoms with Gasteiger partial charge in [0.25, 0.3) is 0 Å². The Morgan fingerprint density at radius 1 is 1.38 bits per heavy atom. The van der Waals surface area contributed by atoms with Gasteiger partial charge < -0.3 is 20.1 Å². The van der Waals surface area contributed by atoms with Crippen LogP contribution in [-0.4, -0.2) is 29.9 Å². The molecule has 2 aliphatic rings. The molecule has 1 atom stereocenters. The van der Waals surface area contributed by atoms with Crippen molar-refractivity contribution in [1.82, 2.24) is 4.90 Å². The topological polar surface area (TPSA) is 106 Å². The van der Waals surface area contributed by atoms with Gasteiger partial charge in [-0.15, -0.1) is 0 Å². The number of carbonyl (C=O) groups excluding carboxylic acids is 2. The zero-order valence-electron chi connectivity index (χ0n) is 15.0. The standard InChI is InChI=1S/C19H19N3O4/c1-10(2)25-17(23)15-11(3)22(4)18(24)19(15)12-7-5-6-8-14(12)26-16(21)13(19)9-20/h5-8,10H,21H2,1-4H3/t19-/m0/s1. The van der Waals surface area contributed by atoms with Crippen LogP contribution in [0.3, 0.4) is 0 Å². The molecule has 0 saturated heterocycles. The quantitative estimate of drug-likeness (QED) is 0.812. The minimum Gasteiger partial charge on any atom is -0.460 e. The molecule has 3 rings (SSSR count). The Bertz CT molecular complexity index is 923. The van der Waals surface area contributed by atoms with E-state index in [0.717, 1.165) is 0 Å². The summed E-state index contributed by atoms with van der Waals surface area (Å²) in [6.45, 7) is 5.08. The van der Waals surface area contributed by atoms with Crippen molar-refractivity contribution >= 4 is 11.9 Å². The van der Waals surface area contributed by atoms with Crippen LogP contribution in [0, 0.1) is 11.3 Å². The Balaban J connectivity index is 2.40. The summed E-state index contributed by atoms with van der Waals surface area (Å²) in [5.41, 5.74) is 5.09. The largest absolute Gasteiger partial charge is 0.460 e. The summed E-state index contributed by atoms with van der Waals surface area (Å²) < 4.78 is 10.9. The SMILES string of the molecule is CC1=C(C(=O)OC(C)C)[C@@]2(C(=O)N1C)C(C#N)=C(N)Oc1ccccc12. The molecule has 7 nitrogen and oxygen atoms in total. The fourth-order valence-corrected chi connectivity index (χ4v) is 3.50. The fraction of sp³-hybridized carbons (Fsp3) is 0.316. The molecule has 1 aromatic carbocycles. The molecule has 0 aliphatic carbocycles. The maximum atomic E-state index is 13.4. The maximum absolute atomic E-state index is 13.4. The normalized spacial score (nSPS) is 21.8. The first kappa shape index (κ1) is 17.5. The molecule has 7 heteroatoms. The number of nitriles is 1. The minimum absolute atomic E-state index is 0.0916. The third-order valence-corrected chi connectivity index (χ3v) is 4.66. The van der Waals surface area contributed by atoms with Crippen LogP contribution in [0.15, 0.2) is 47.0 Å². The number of ether oxygens (including phenoxy) is 2. The third kappa shape index (κ3) is 2.12. The second-order valence-electron chi connectivity index (χ2n) is 6.48. The second kappa shape index (κ2) is 5.92. The second-order valence-corrected chi connectivity index (χ2v) is 6.48. The number of para-hydroxylation sites is 1. The lowest BCUT2D eigenvalue weighted by atomic mass is 9.68. The van der Waals surface area contributed by atoms with E-state index in [9.17, 15) is 14.9 Å². The number of nitrogens with zero attached hydrogens (tertiary/aromatic N) is 2. The molecule has 0 saturated carbocycles. The van der Waals surface area contributed by atoms with Crippen molar-refractivity contribution in [3.8, 4) is 11.8 Å². The van der Waals surface area contributed by atoms with Gasteiger partial charge in [-0.25, -0.2) is 4.79 Å². The van der Waals surface area contributed by atoms with E-state index in [2.05, 4.69) is 0 Å². The monoisotopic (exact) mass is 353 g/mol. The van der Waals surface area contributed by atoms with Crippen LogP contribution in [0.1, 0.15) is 26.3 Å². The number of rotatable bonds is 2. The summed E-state index contributed by atoms with van der Waals surface area (Å²) in [5.74, 6) is -0.971. The predicted octanol–water partition coefficient (Wildman–Crippen LogP) is 1.71. The molecule has 1 spiro atoms. The van der Waals surface area contributed by atoms with Crippen LogP contribution in [0.2, 0.25) is 0 Å². The number of hydrogen-bond acceptors (Lipinski definition) is 6. The molecule has 0 radical (unpaired) electrons. The minimum atomic E-state index is -1.67. The lowest BCUT2D eigenvalue weighted by Gasteiger charge is -2.35. The van der Waals surface area contributed by atoms with E-state index in [0.29, 0.717) is 17.0 Å². The number of allylic oxidation sites excluding steroid dienone is 1. The molecule has 134 valence electrons. The van der Waals surface area contributed by atoms with Crippen molar-refractivity contribution in [3.63, 3.8) is 0 Å². The first-order valence-corrected chi connectivity index (χ1v) is 8.15. The molecule has 1 aromatic rings. The summed E-state index contributed by atoms with van der Waals surface area (Å²) in [6, 6.07) is 8.72. The number of esters is 1. The first-order valence-electron chi connectivity index (χ1n) is 8.15. The molecule has 0 bridgehead atoms. The van der Waals surface area contributed by atoms with Crippen molar-refractivity contribution in [1.29, 1.82) is 5.26 Å². The first-order chi connectivity index (χ1) is 12.3. The van der Waals surface area contributed by atoms with Crippen molar-refractivity contribution in [3.05, 3.63) is 52.6 Å². The Labute approximate surface area is 151 Å². The summed E-state index contributed by atoms with van der Waals surface area (Å²) >= 11 is 0. The zero-order valence-corrected chi connectivity index (χ0v) is 15.0. The average Bonchev–Trinajstić information content (AvgIpc) is 2.77. The molecule has 26 heavy (non-hydrogen) atoms. The van der Waals surface area contributed by atoms with Crippen LogP contribution < -0.4 is 10.5 Å². The van der Waals surface area contributed by atoms with Gasteiger partial charge in [0.1, 0.15) is 17.4 Å². The Morgan fingerprint density at radius 3 is 2.65 bits per heavy atom. The smallest absolute Gasteiger partial charge is 0.337 e. The highest BCUT2D eigenvalue weighted by atomic mass is 16.5. The van der Waals surface area contributed by atoms with Gasteiger partial charge in [0.05, 0.1) is 11.7 Å². The number of nitrogens with two attached hydrogens (primary N) is 1. The zero-order chi connectivity index (χ0) is 19.2. The summed E-state index contributed by atoms with van der Waals surface area (Å²) in [4.78, 5) is 27.6. The van der Waals surface area contributed by atoms with Gasteiger partial charge >= 0.3 is 5.97 Å². The van der Waals surface area contributed by atoms with Crippen molar-refractivity contribution in [2.75, 3.05) is 7.05 Å². The van der Waals surface area contributed by atoms with E-state index >= 15 is 0 Å². The fourth-order valence-electron chi connectivity index (χ4n) is 3.50. The third-order valence-electron chi connectivity index (χ3n) is 4.66. The predicted molar refractivity (Wildman–Crippen MR) is 92.3 cm³/mol. The number of benzene rings is 1. The molecular formula is C19H19N3O4. The number of amides is 1. The van der Waals surface area contributed by atoms with E-state index in [1.807, 2.05) is 6.07 Å². The molecule has 2 N–H and O–H groups in total. The van der Waals surface area contributed by atoms with E-state index in [1.165, 1.54) is 4.90 Å². The van der Waals surface area contributed by atoms with Crippen molar-refractivity contribution in [2.45, 2.75) is 32.3 Å². The molecular weight excluding hydrogens is 334 g/mol. The van der Waals surface area contributed by atoms with Gasteiger partial charge in [-0.05, 0) is 26.8 Å². The lowest BCUT2D eigenvalue weighted by Crippen LogP contribution is -2.46. The number of likely N-dealkylation sites (N-methyl/N-ethyl adjacent to an activating group) is 1. The van der Waals surface area contributed by atoms with Gasteiger partial charge in [-0.2, -0.15) is 5.26 Å². The Hall–Kier alpha value is -3.27. The van der Waals surface area contributed by atoms with Gasteiger partial charge in [-0.1, -0.05) is 18.2 Å². The van der Waals surface area contributed by atoms with E-state index in [1.54, 1.807) is 52.1 Å². The Morgan fingerprint density at radius 2 is 2.04 bits per heavy atom. The van der Waals surface area contributed by atoms with Crippen LogP contribution >= 0.6 is 0 Å². The highest BCUT2D eigenvalue weighted by Gasteiger charge is 2.61. The molecule has 0 fully saturated rings. The van der Waals surface area contributed by atoms with Crippen LogP contribution in [-0.2, 0) is 19.7 Å². The van der Waals surface area contributed by atoms with Gasteiger partial charge in [-0.3, -0.25) is 4.79 Å². The van der Waals surface area contributed by atoms with E-state index in [4.69, 9.17) is 15.2 Å². The van der Waals surface area contributed by atoms with Crippen LogP contribution in [0.5, 0.6) is 5.75 Å². The van der Waals surface area contributed by atoms with Crippen molar-refractivity contribution in [2.24, 2.45) is 5.73 Å². The molecule has 0 unspecified atom stereocenters. The van der Waals surface area contributed by atoms with E-state index < -0.39 is 17.3 Å². The van der Waals surface area contributed by atoms with Crippen molar-refractivity contribution < 1.29 is 19.1 Å². The van der Waals surface area contributed by atoms with Gasteiger partial charge in [0, 0.05) is 18.3 Å². The number of carbonyl (C=O) groups is 2. The highest BCUT2D eigenvalue weighted by Crippen LogP contribution is 2.53. The summed E-state index contributed by atoms with van der Waals surface area (Å²) in [6.07, 6.45) is -0.386. The molecule has 0 aromatic heterocycles. The Kier molecular flexibility index (Phi) is 3.99.